The van der Waals surface area contributed by atoms with Gasteiger partial charge in [-0.15, -0.1) is 0 Å². The van der Waals surface area contributed by atoms with Gasteiger partial charge in [0.1, 0.15) is 0 Å². The molecule has 210 valence electrons. The number of fused-ring (bicyclic) bond motifs is 2. The van der Waals surface area contributed by atoms with Crippen LogP contribution >= 0.6 is 0 Å². The van der Waals surface area contributed by atoms with E-state index < -0.39 is 0 Å². The lowest BCUT2D eigenvalue weighted by Crippen LogP contribution is -2.52. The van der Waals surface area contributed by atoms with Crippen LogP contribution in [0.25, 0.3) is 0 Å². The molecule has 0 bridgehead atoms. The van der Waals surface area contributed by atoms with E-state index in [9.17, 15) is 0 Å². The zero-order valence-electron chi connectivity index (χ0n) is 24.9. The largest absolute Gasteiger partial charge is 0.294 e. The molecule has 6 rings (SSSR count). The van der Waals surface area contributed by atoms with Crippen molar-refractivity contribution in [2.75, 3.05) is 0 Å². The van der Waals surface area contributed by atoms with Crippen molar-refractivity contribution < 1.29 is 0 Å². The lowest BCUT2D eigenvalue weighted by molar-refractivity contribution is 0.00804. The Morgan fingerprint density at radius 1 is 0.459 bits per heavy atom. The fourth-order valence-electron chi connectivity index (χ4n) is 10.7. The summed E-state index contributed by atoms with van der Waals surface area (Å²) in [6.45, 7) is 5.01. The fourth-order valence-corrected chi connectivity index (χ4v) is 10.7. The van der Waals surface area contributed by atoms with Crippen LogP contribution in [-0.4, -0.2) is 23.0 Å². The standard InChI is InChI=1S/C36H61N/c1-26-11-19-31(20-12-26)37(32-21-13-27(2)14-22-32)33-23-15-28(16-24-33)25-36-34-9-5-3-7-29(34)17-18-30-8-4-6-10-35(30)36/h25-35H,3-24H2,1-2H3. The molecule has 0 aromatic heterocycles. The molecule has 6 saturated carbocycles. The molecule has 0 radical (unpaired) electrons. The van der Waals surface area contributed by atoms with Crippen LogP contribution in [0.2, 0.25) is 0 Å². The molecular weight excluding hydrogens is 446 g/mol. The summed E-state index contributed by atoms with van der Waals surface area (Å²) in [7, 11) is 0. The van der Waals surface area contributed by atoms with E-state index in [0.29, 0.717) is 0 Å². The van der Waals surface area contributed by atoms with E-state index in [4.69, 9.17) is 0 Å². The summed E-state index contributed by atoms with van der Waals surface area (Å²) in [5.41, 5.74) is 2.04. The molecule has 0 aliphatic heterocycles. The van der Waals surface area contributed by atoms with E-state index in [1.807, 2.05) is 5.57 Å². The van der Waals surface area contributed by atoms with Crippen LogP contribution in [0.4, 0.5) is 0 Å². The Morgan fingerprint density at radius 2 is 0.865 bits per heavy atom. The summed E-state index contributed by atoms with van der Waals surface area (Å²) < 4.78 is 0. The predicted octanol–water partition coefficient (Wildman–Crippen LogP) is 10.3. The van der Waals surface area contributed by atoms with Gasteiger partial charge in [0.05, 0.1) is 0 Å². The minimum absolute atomic E-state index is 0.894. The summed E-state index contributed by atoms with van der Waals surface area (Å²) >= 11 is 0. The SMILES string of the molecule is CC1CCC(N(C2CCC(C)CC2)C2CCC(C=C3C4CCCCC4CCC4CCCCC34)CC2)CC1. The van der Waals surface area contributed by atoms with Crippen molar-refractivity contribution in [3.63, 3.8) is 0 Å². The topological polar surface area (TPSA) is 3.24 Å². The first-order valence-electron chi connectivity index (χ1n) is 17.6. The number of nitrogens with zero attached hydrogens (tertiary/aromatic N) is 1. The van der Waals surface area contributed by atoms with Crippen LogP contribution in [0.1, 0.15) is 155 Å². The predicted molar refractivity (Wildman–Crippen MR) is 159 cm³/mol. The molecular formula is C36H61N. The zero-order chi connectivity index (χ0) is 25.2. The van der Waals surface area contributed by atoms with Crippen molar-refractivity contribution in [2.24, 2.45) is 41.4 Å². The molecule has 6 aliphatic rings. The fraction of sp³-hybridized carbons (Fsp3) is 0.944. The Hall–Kier alpha value is -0.300. The molecule has 0 saturated heterocycles. The zero-order valence-corrected chi connectivity index (χ0v) is 24.9. The van der Waals surface area contributed by atoms with Gasteiger partial charge < -0.3 is 0 Å². The molecule has 0 aromatic carbocycles. The molecule has 0 heterocycles. The quantitative estimate of drug-likeness (QED) is 0.342. The highest BCUT2D eigenvalue weighted by Crippen LogP contribution is 2.51. The van der Waals surface area contributed by atoms with E-state index in [0.717, 1.165) is 59.6 Å². The molecule has 1 heteroatoms. The summed E-state index contributed by atoms with van der Waals surface area (Å²) in [4.78, 5) is 3.20. The van der Waals surface area contributed by atoms with Crippen LogP contribution < -0.4 is 0 Å². The second-order valence-electron chi connectivity index (χ2n) is 15.4. The summed E-state index contributed by atoms with van der Waals surface area (Å²) in [5, 5.41) is 0. The molecule has 1 nitrogen and oxygen atoms in total. The van der Waals surface area contributed by atoms with Gasteiger partial charge in [0.25, 0.3) is 0 Å². The van der Waals surface area contributed by atoms with Crippen molar-refractivity contribution in [3.05, 3.63) is 11.6 Å². The van der Waals surface area contributed by atoms with E-state index >= 15 is 0 Å². The third-order valence-electron chi connectivity index (χ3n) is 13.0. The van der Waals surface area contributed by atoms with Gasteiger partial charge in [0.2, 0.25) is 0 Å². The first-order chi connectivity index (χ1) is 18.2. The van der Waals surface area contributed by atoms with Gasteiger partial charge in [0, 0.05) is 18.1 Å². The minimum Gasteiger partial charge on any atom is -0.294 e. The second kappa shape index (κ2) is 12.5. The summed E-state index contributed by atoms with van der Waals surface area (Å²) in [5.74, 6) is 6.88. The number of hydrogen-bond donors (Lipinski definition) is 0. The molecule has 4 atom stereocenters. The monoisotopic (exact) mass is 507 g/mol. The van der Waals surface area contributed by atoms with Crippen molar-refractivity contribution in [1.29, 1.82) is 0 Å². The normalized spacial score (nSPS) is 45.5. The van der Waals surface area contributed by atoms with Crippen LogP contribution in [-0.2, 0) is 0 Å². The number of allylic oxidation sites excluding steroid dienone is 2. The van der Waals surface area contributed by atoms with Gasteiger partial charge in [-0.05, 0) is 157 Å². The molecule has 0 amide bonds. The van der Waals surface area contributed by atoms with Gasteiger partial charge in [-0.3, -0.25) is 4.90 Å². The van der Waals surface area contributed by atoms with E-state index in [1.165, 1.54) is 116 Å². The first kappa shape index (κ1) is 26.9. The molecule has 0 spiro atoms. The first-order valence-corrected chi connectivity index (χ1v) is 17.6. The number of hydrogen-bond acceptors (Lipinski definition) is 1. The highest BCUT2D eigenvalue weighted by molar-refractivity contribution is 5.19. The van der Waals surface area contributed by atoms with Crippen molar-refractivity contribution in [3.8, 4) is 0 Å². The third kappa shape index (κ3) is 6.23. The number of rotatable bonds is 4. The van der Waals surface area contributed by atoms with Crippen molar-refractivity contribution in [2.45, 2.75) is 173 Å². The Bertz CT molecular complexity index is 682. The van der Waals surface area contributed by atoms with Gasteiger partial charge in [-0.25, -0.2) is 0 Å². The van der Waals surface area contributed by atoms with Gasteiger partial charge in [0.15, 0.2) is 0 Å². The highest BCUT2D eigenvalue weighted by Gasteiger charge is 2.41. The average molecular weight is 508 g/mol. The van der Waals surface area contributed by atoms with Crippen LogP contribution in [0, 0.1) is 41.4 Å². The molecule has 6 fully saturated rings. The van der Waals surface area contributed by atoms with Gasteiger partial charge >= 0.3 is 0 Å². The minimum atomic E-state index is 0.894. The third-order valence-corrected chi connectivity index (χ3v) is 13.0. The van der Waals surface area contributed by atoms with Gasteiger partial charge in [-0.2, -0.15) is 0 Å². The Balaban J connectivity index is 1.16. The average Bonchev–Trinajstić information content (AvgIpc) is 3.09. The van der Waals surface area contributed by atoms with Crippen LogP contribution in [0.5, 0.6) is 0 Å². The van der Waals surface area contributed by atoms with Gasteiger partial charge in [-0.1, -0.05) is 51.2 Å². The molecule has 6 aliphatic carbocycles. The van der Waals surface area contributed by atoms with Crippen molar-refractivity contribution in [1.82, 2.24) is 4.90 Å². The lowest BCUT2D eigenvalue weighted by Gasteiger charge is -2.49. The Labute approximate surface area is 231 Å². The molecule has 0 N–H and O–H groups in total. The molecule has 37 heavy (non-hydrogen) atoms. The second-order valence-corrected chi connectivity index (χ2v) is 15.4. The maximum absolute atomic E-state index is 3.20. The molecule has 4 unspecified atom stereocenters. The van der Waals surface area contributed by atoms with E-state index in [1.54, 1.807) is 25.7 Å². The van der Waals surface area contributed by atoms with E-state index in [-0.39, 0.29) is 0 Å². The Kier molecular flexibility index (Phi) is 9.07. The smallest absolute Gasteiger partial charge is 0.0102 e. The maximum atomic E-state index is 3.20. The Morgan fingerprint density at radius 3 is 1.32 bits per heavy atom. The summed E-state index contributed by atoms with van der Waals surface area (Å²) in [6, 6.07) is 2.70. The van der Waals surface area contributed by atoms with Crippen LogP contribution in [0.3, 0.4) is 0 Å². The molecule has 0 aromatic rings. The highest BCUT2D eigenvalue weighted by atomic mass is 15.2. The van der Waals surface area contributed by atoms with Crippen molar-refractivity contribution >= 4 is 0 Å². The van der Waals surface area contributed by atoms with Crippen LogP contribution in [0.15, 0.2) is 11.6 Å². The summed E-state index contributed by atoms with van der Waals surface area (Å²) in [6.07, 6.45) is 36.2. The van der Waals surface area contributed by atoms with E-state index in [2.05, 4.69) is 24.8 Å². The lowest BCUT2D eigenvalue weighted by atomic mass is 9.67. The maximum Gasteiger partial charge on any atom is 0.0102 e.